The molecule has 2 aliphatic heterocycles. The molecule has 0 radical (unpaired) electrons. The van der Waals surface area contributed by atoms with Gasteiger partial charge in [0.1, 0.15) is 0 Å². The second-order valence-electron chi connectivity index (χ2n) is 6.43. The molecular weight excluding hydrogens is 360 g/mol. The summed E-state index contributed by atoms with van der Waals surface area (Å²) >= 11 is 3.32. The average Bonchev–Trinajstić information content (AvgIpc) is 2.67. The summed E-state index contributed by atoms with van der Waals surface area (Å²) in [5.74, 6) is 0.393. The predicted octanol–water partition coefficient (Wildman–Crippen LogP) is 5.49. The number of allylic oxidation sites excluding steroid dienone is 2. The van der Waals surface area contributed by atoms with Gasteiger partial charge in [-0.05, 0) is 49.2 Å². The van der Waals surface area contributed by atoms with Gasteiger partial charge in [-0.25, -0.2) is 0 Å². The van der Waals surface area contributed by atoms with Crippen LogP contribution in [0.4, 0.5) is 11.4 Å². The third-order valence-electron chi connectivity index (χ3n) is 4.88. The number of aromatic hydroxyl groups is 1. The molecule has 1 unspecified atom stereocenters. The van der Waals surface area contributed by atoms with Gasteiger partial charge in [-0.1, -0.05) is 36.0 Å². The molecule has 1 atom stereocenters. The average molecular weight is 383 g/mol. The Bertz CT molecular complexity index is 878. The zero-order valence-corrected chi connectivity index (χ0v) is 16.6. The molecule has 5 heteroatoms. The van der Waals surface area contributed by atoms with E-state index in [-0.39, 0.29) is 0 Å². The van der Waals surface area contributed by atoms with Gasteiger partial charge in [0.15, 0.2) is 5.75 Å². The van der Waals surface area contributed by atoms with Crippen molar-refractivity contribution in [3.63, 3.8) is 0 Å². The molecule has 2 aliphatic rings. The summed E-state index contributed by atoms with van der Waals surface area (Å²) in [6, 6.07) is 13.0. The lowest BCUT2D eigenvalue weighted by Gasteiger charge is -2.35. The number of phenolic OH excluding ortho intramolecular Hbond substituents is 1. The topological polar surface area (TPSA) is 26.7 Å². The number of anilines is 2. The number of hydrogen-bond donors (Lipinski definition) is 1. The quantitative estimate of drug-likeness (QED) is 0.706. The van der Waals surface area contributed by atoms with Gasteiger partial charge in [-0.3, -0.25) is 0 Å². The normalized spacial score (nSPS) is 18.0. The molecule has 0 amide bonds. The first-order chi connectivity index (χ1) is 12.7. The van der Waals surface area contributed by atoms with E-state index in [1.54, 1.807) is 23.5 Å². The lowest BCUT2D eigenvalue weighted by molar-refractivity contribution is 0.364. The largest absolute Gasteiger partial charge is 0.505 e. The first-order valence-electron chi connectivity index (χ1n) is 8.70. The van der Waals surface area contributed by atoms with Crippen molar-refractivity contribution in [3.05, 3.63) is 60.8 Å². The molecule has 0 bridgehead atoms. The Kier molecular flexibility index (Phi) is 4.92. The third kappa shape index (κ3) is 3.10. The minimum absolute atomic E-state index is 0.371. The van der Waals surface area contributed by atoms with Crippen LogP contribution in [0.15, 0.2) is 75.5 Å². The Balaban J connectivity index is 1.71. The number of thioether (sulfide) groups is 1. The standard InChI is InChI=1S/C21H22N2OS2/c1-22-13-6-5-7-15(22)12-14-23-16-8-3-4-9-17(16)26-18-10-11-19(25-2)21(24)20(18)23/h3-11,13,15,24H,12,14H2,1-2H3. The predicted molar refractivity (Wildman–Crippen MR) is 112 cm³/mol. The molecule has 0 saturated carbocycles. The summed E-state index contributed by atoms with van der Waals surface area (Å²) < 4.78 is 0. The van der Waals surface area contributed by atoms with Crippen LogP contribution >= 0.6 is 23.5 Å². The van der Waals surface area contributed by atoms with Crippen LogP contribution in [0.25, 0.3) is 0 Å². The minimum Gasteiger partial charge on any atom is -0.505 e. The molecule has 2 aromatic rings. The van der Waals surface area contributed by atoms with Gasteiger partial charge in [0.2, 0.25) is 0 Å². The molecule has 0 saturated heterocycles. The van der Waals surface area contributed by atoms with Crippen LogP contribution in [0.2, 0.25) is 0 Å². The van der Waals surface area contributed by atoms with Crippen molar-refractivity contribution in [1.29, 1.82) is 0 Å². The number of phenols is 1. The molecule has 2 aromatic carbocycles. The first-order valence-corrected chi connectivity index (χ1v) is 10.7. The zero-order chi connectivity index (χ0) is 18.1. The number of fused-ring (bicyclic) bond motifs is 2. The van der Waals surface area contributed by atoms with Crippen LogP contribution in [0.1, 0.15) is 6.42 Å². The Hall–Kier alpha value is -1.98. The van der Waals surface area contributed by atoms with Gasteiger partial charge >= 0.3 is 0 Å². The highest BCUT2D eigenvalue weighted by Gasteiger charge is 2.28. The smallest absolute Gasteiger partial charge is 0.153 e. The number of hydrogen-bond acceptors (Lipinski definition) is 5. The van der Waals surface area contributed by atoms with Crippen molar-refractivity contribution in [2.24, 2.45) is 0 Å². The number of nitrogens with zero attached hydrogens (tertiary/aromatic N) is 2. The van der Waals surface area contributed by atoms with E-state index < -0.39 is 0 Å². The molecular formula is C21H22N2OS2. The molecule has 4 rings (SSSR count). The Morgan fingerprint density at radius 3 is 2.77 bits per heavy atom. The lowest BCUT2D eigenvalue weighted by Crippen LogP contribution is -2.32. The van der Waals surface area contributed by atoms with E-state index >= 15 is 0 Å². The van der Waals surface area contributed by atoms with Gasteiger partial charge in [0.25, 0.3) is 0 Å². The Labute approximate surface area is 163 Å². The number of likely N-dealkylation sites (N-methyl/N-ethyl adjacent to an activating group) is 1. The molecule has 1 N–H and O–H groups in total. The van der Waals surface area contributed by atoms with Crippen LogP contribution in [0, 0.1) is 0 Å². The summed E-state index contributed by atoms with van der Waals surface area (Å²) in [6.45, 7) is 0.850. The van der Waals surface area contributed by atoms with Crippen molar-refractivity contribution in [2.75, 3.05) is 24.7 Å². The highest BCUT2D eigenvalue weighted by molar-refractivity contribution is 8.00. The maximum Gasteiger partial charge on any atom is 0.153 e. The van der Waals surface area contributed by atoms with E-state index in [2.05, 4.69) is 71.6 Å². The van der Waals surface area contributed by atoms with Crippen LogP contribution < -0.4 is 4.90 Å². The second kappa shape index (κ2) is 7.33. The minimum atomic E-state index is 0.371. The van der Waals surface area contributed by atoms with E-state index in [4.69, 9.17) is 0 Å². The number of rotatable bonds is 4. The molecule has 3 nitrogen and oxygen atoms in total. The SMILES string of the molecule is CSc1ccc2c(c1O)N(CCC1C=CC=CN1C)c1ccccc1S2. The number of para-hydroxylation sites is 1. The molecule has 0 spiro atoms. The lowest BCUT2D eigenvalue weighted by atomic mass is 10.1. The van der Waals surface area contributed by atoms with Crippen molar-refractivity contribution < 1.29 is 5.11 Å². The molecule has 0 fully saturated rings. The van der Waals surface area contributed by atoms with Gasteiger partial charge in [0.05, 0.1) is 16.3 Å². The molecule has 0 aromatic heterocycles. The van der Waals surface area contributed by atoms with E-state index in [1.807, 2.05) is 12.3 Å². The fourth-order valence-electron chi connectivity index (χ4n) is 3.47. The summed E-state index contributed by atoms with van der Waals surface area (Å²) in [5.41, 5.74) is 2.12. The van der Waals surface area contributed by atoms with Crippen molar-refractivity contribution in [3.8, 4) is 5.75 Å². The maximum atomic E-state index is 10.9. The summed E-state index contributed by atoms with van der Waals surface area (Å²) in [5, 5.41) is 10.9. The monoisotopic (exact) mass is 382 g/mol. The fourth-order valence-corrected chi connectivity index (χ4v) is 5.07. The Morgan fingerprint density at radius 1 is 1.12 bits per heavy atom. The summed E-state index contributed by atoms with van der Waals surface area (Å²) in [7, 11) is 2.11. The summed E-state index contributed by atoms with van der Waals surface area (Å²) in [6.07, 6.45) is 11.5. The fraction of sp³-hybridized carbons (Fsp3) is 0.238. The Morgan fingerprint density at radius 2 is 1.96 bits per heavy atom. The van der Waals surface area contributed by atoms with E-state index in [9.17, 15) is 5.11 Å². The van der Waals surface area contributed by atoms with E-state index in [0.29, 0.717) is 11.8 Å². The van der Waals surface area contributed by atoms with Gasteiger partial charge in [-0.15, -0.1) is 11.8 Å². The van der Waals surface area contributed by atoms with Crippen molar-refractivity contribution >= 4 is 34.9 Å². The molecule has 0 aliphatic carbocycles. The number of benzene rings is 2. The summed E-state index contributed by atoms with van der Waals surface area (Å²) in [4.78, 5) is 7.81. The van der Waals surface area contributed by atoms with Gasteiger partial charge < -0.3 is 14.9 Å². The van der Waals surface area contributed by atoms with Crippen LogP contribution in [-0.4, -0.2) is 35.9 Å². The molecule has 134 valence electrons. The highest BCUT2D eigenvalue weighted by atomic mass is 32.2. The van der Waals surface area contributed by atoms with E-state index in [1.165, 1.54) is 10.6 Å². The van der Waals surface area contributed by atoms with Crippen LogP contribution in [0.3, 0.4) is 0 Å². The second-order valence-corrected chi connectivity index (χ2v) is 8.36. The van der Waals surface area contributed by atoms with Crippen molar-refractivity contribution in [2.45, 2.75) is 27.1 Å². The van der Waals surface area contributed by atoms with Gasteiger partial charge in [0, 0.05) is 29.4 Å². The maximum absolute atomic E-state index is 10.9. The zero-order valence-electron chi connectivity index (χ0n) is 14.9. The molecule has 2 heterocycles. The highest BCUT2D eigenvalue weighted by Crippen LogP contribution is 2.53. The third-order valence-corrected chi connectivity index (χ3v) is 6.76. The van der Waals surface area contributed by atoms with Gasteiger partial charge in [-0.2, -0.15) is 0 Å². The van der Waals surface area contributed by atoms with Crippen molar-refractivity contribution in [1.82, 2.24) is 4.90 Å². The first kappa shape index (κ1) is 17.4. The molecule has 26 heavy (non-hydrogen) atoms. The van der Waals surface area contributed by atoms with Crippen LogP contribution in [0.5, 0.6) is 5.75 Å². The van der Waals surface area contributed by atoms with E-state index in [0.717, 1.165) is 28.4 Å². The van der Waals surface area contributed by atoms with Crippen LogP contribution in [-0.2, 0) is 0 Å².